The zero-order valence-electron chi connectivity index (χ0n) is 10.8. The van der Waals surface area contributed by atoms with Gasteiger partial charge in [0.1, 0.15) is 0 Å². The van der Waals surface area contributed by atoms with Gasteiger partial charge in [-0.15, -0.1) is 0 Å². The van der Waals surface area contributed by atoms with Gasteiger partial charge in [0, 0.05) is 15.7 Å². The van der Waals surface area contributed by atoms with Crippen LogP contribution in [0.4, 0.5) is 5.69 Å². The molecule has 0 spiro atoms. The summed E-state index contributed by atoms with van der Waals surface area (Å²) in [6.45, 7) is 0. The molecule has 108 valence electrons. The number of carbonyl (C=O) groups is 2. The van der Waals surface area contributed by atoms with Gasteiger partial charge in [-0.2, -0.15) is 0 Å². The summed E-state index contributed by atoms with van der Waals surface area (Å²) in [6.07, 6.45) is -0.121. The van der Waals surface area contributed by atoms with E-state index in [0.29, 0.717) is 10.7 Å². The zero-order chi connectivity index (χ0) is 15.4. The standard InChI is InChI=1S/C15H11Cl2NO3/c16-9-4-6-10(7-5-9)18-14(19)8-12-11(15(20)21)2-1-3-13(12)17/h1-7H,8H2,(H,18,19)(H,20,21). The minimum absolute atomic E-state index is 0.0220. The molecular formula is C15H11Cl2NO3. The lowest BCUT2D eigenvalue weighted by atomic mass is 10.0. The van der Waals surface area contributed by atoms with Crippen molar-refractivity contribution in [1.82, 2.24) is 0 Å². The predicted molar refractivity (Wildman–Crippen MR) is 82.2 cm³/mol. The summed E-state index contributed by atoms with van der Waals surface area (Å²) in [5.74, 6) is -1.47. The maximum absolute atomic E-state index is 12.0. The number of rotatable bonds is 4. The molecule has 0 bridgehead atoms. The van der Waals surface area contributed by atoms with Crippen LogP contribution in [0.15, 0.2) is 42.5 Å². The van der Waals surface area contributed by atoms with E-state index < -0.39 is 5.97 Å². The SMILES string of the molecule is O=C(Cc1c(Cl)cccc1C(=O)O)Nc1ccc(Cl)cc1. The predicted octanol–water partition coefficient (Wildman–Crippen LogP) is 3.87. The van der Waals surface area contributed by atoms with Gasteiger partial charge < -0.3 is 10.4 Å². The van der Waals surface area contributed by atoms with Crippen LogP contribution in [0, 0.1) is 0 Å². The second-order valence-electron chi connectivity index (χ2n) is 4.30. The molecule has 0 aliphatic heterocycles. The first-order valence-electron chi connectivity index (χ1n) is 6.03. The van der Waals surface area contributed by atoms with Gasteiger partial charge >= 0.3 is 5.97 Å². The van der Waals surface area contributed by atoms with Gasteiger partial charge in [-0.25, -0.2) is 4.79 Å². The number of carbonyl (C=O) groups excluding carboxylic acids is 1. The van der Waals surface area contributed by atoms with Crippen molar-refractivity contribution in [2.75, 3.05) is 5.32 Å². The lowest BCUT2D eigenvalue weighted by Gasteiger charge is -2.09. The quantitative estimate of drug-likeness (QED) is 0.897. The van der Waals surface area contributed by atoms with Crippen LogP contribution in [0.5, 0.6) is 0 Å². The highest BCUT2D eigenvalue weighted by atomic mass is 35.5. The van der Waals surface area contributed by atoms with Crippen LogP contribution in [-0.2, 0) is 11.2 Å². The number of hydrogen-bond acceptors (Lipinski definition) is 2. The molecule has 0 saturated heterocycles. The van der Waals surface area contributed by atoms with Crippen LogP contribution < -0.4 is 5.32 Å². The molecule has 4 nitrogen and oxygen atoms in total. The Bertz CT molecular complexity index is 684. The molecule has 0 aliphatic carbocycles. The maximum atomic E-state index is 12.0. The second kappa shape index (κ2) is 6.61. The average Bonchev–Trinajstić information content (AvgIpc) is 2.43. The summed E-state index contributed by atoms with van der Waals surface area (Å²) < 4.78 is 0. The third-order valence-corrected chi connectivity index (χ3v) is 3.42. The summed E-state index contributed by atoms with van der Waals surface area (Å²) in [5.41, 5.74) is 0.889. The minimum atomic E-state index is -1.12. The highest BCUT2D eigenvalue weighted by Crippen LogP contribution is 2.21. The molecule has 0 radical (unpaired) electrons. The van der Waals surface area contributed by atoms with Gasteiger partial charge in [-0.05, 0) is 42.0 Å². The molecule has 0 saturated carbocycles. The number of hydrogen-bond donors (Lipinski definition) is 2. The van der Waals surface area contributed by atoms with E-state index in [1.807, 2.05) is 0 Å². The molecule has 0 fully saturated rings. The molecule has 0 aliphatic rings. The molecule has 2 N–H and O–H groups in total. The number of nitrogens with one attached hydrogen (secondary N) is 1. The highest BCUT2D eigenvalue weighted by Gasteiger charge is 2.16. The molecule has 2 aromatic rings. The Hall–Kier alpha value is -2.04. The van der Waals surface area contributed by atoms with Crippen LogP contribution in [0.25, 0.3) is 0 Å². The zero-order valence-corrected chi connectivity index (χ0v) is 12.3. The average molecular weight is 324 g/mol. The monoisotopic (exact) mass is 323 g/mol. The van der Waals surface area contributed by atoms with Crippen molar-refractivity contribution in [2.45, 2.75) is 6.42 Å². The summed E-state index contributed by atoms with van der Waals surface area (Å²) >= 11 is 11.7. The van der Waals surface area contributed by atoms with Gasteiger partial charge in [0.25, 0.3) is 0 Å². The maximum Gasteiger partial charge on any atom is 0.336 e. The lowest BCUT2D eigenvalue weighted by molar-refractivity contribution is -0.115. The van der Waals surface area contributed by atoms with Gasteiger partial charge in [0.05, 0.1) is 12.0 Å². The van der Waals surface area contributed by atoms with E-state index in [1.54, 1.807) is 30.3 Å². The van der Waals surface area contributed by atoms with Gasteiger partial charge in [0.15, 0.2) is 0 Å². The Kier molecular flexibility index (Phi) is 4.83. The Morgan fingerprint density at radius 2 is 1.71 bits per heavy atom. The molecule has 0 aromatic heterocycles. The summed E-state index contributed by atoms with van der Waals surface area (Å²) in [5, 5.41) is 12.6. The summed E-state index contributed by atoms with van der Waals surface area (Å²) in [7, 11) is 0. The number of carboxylic acids is 1. The molecule has 0 heterocycles. The first-order valence-corrected chi connectivity index (χ1v) is 6.79. The van der Waals surface area contributed by atoms with Crippen molar-refractivity contribution in [3.8, 4) is 0 Å². The van der Waals surface area contributed by atoms with Crippen molar-refractivity contribution in [3.05, 3.63) is 63.6 Å². The van der Waals surface area contributed by atoms with Gasteiger partial charge in [-0.3, -0.25) is 4.79 Å². The highest BCUT2D eigenvalue weighted by molar-refractivity contribution is 6.32. The number of halogens is 2. The van der Waals surface area contributed by atoms with Crippen molar-refractivity contribution < 1.29 is 14.7 Å². The normalized spacial score (nSPS) is 10.2. The third kappa shape index (κ3) is 3.97. The Labute approximate surface area is 131 Å². The molecule has 6 heteroatoms. The van der Waals surface area contributed by atoms with Crippen molar-refractivity contribution in [1.29, 1.82) is 0 Å². The largest absolute Gasteiger partial charge is 0.478 e. The first kappa shape index (κ1) is 15.4. The van der Waals surface area contributed by atoms with E-state index in [-0.39, 0.29) is 28.5 Å². The number of carboxylic acid groups (broad SMARTS) is 1. The van der Waals surface area contributed by atoms with Crippen molar-refractivity contribution >= 4 is 40.8 Å². The van der Waals surface area contributed by atoms with Crippen molar-refractivity contribution in [2.24, 2.45) is 0 Å². The molecule has 2 aromatic carbocycles. The summed E-state index contributed by atoms with van der Waals surface area (Å²) in [4.78, 5) is 23.1. The van der Waals surface area contributed by atoms with Crippen molar-refractivity contribution in [3.63, 3.8) is 0 Å². The number of anilines is 1. The fraction of sp³-hybridized carbons (Fsp3) is 0.0667. The Morgan fingerprint density at radius 1 is 1.05 bits per heavy atom. The first-order chi connectivity index (χ1) is 9.97. The molecule has 2 rings (SSSR count). The molecule has 0 atom stereocenters. The van der Waals surface area contributed by atoms with Gasteiger partial charge in [0.2, 0.25) is 5.91 Å². The molecule has 1 amide bonds. The van der Waals surface area contributed by atoms with E-state index in [9.17, 15) is 9.59 Å². The van der Waals surface area contributed by atoms with Crippen LogP contribution in [0.2, 0.25) is 10.0 Å². The number of amides is 1. The number of aromatic carboxylic acids is 1. The van der Waals surface area contributed by atoms with Crippen LogP contribution in [0.1, 0.15) is 15.9 Å². The second-order valence-corrected chi connectivity index (χ2v) is 5.15. The summed E-state index contributed by atoms with van der Waals surface area (Å²) in [6, 6.07) is 11.1. The minimum Gasteiger partial charge on any atom is -0.478 e. The fourth-order valence-corrected chi connectivity index (χ4v) is 2.20. The number of benzene rings is 2. The van der Waals surface area contributed by atoms with Crippen LogP contribution in [0.3, 0.4) is 0 Å². The molecule has 21 heavy (non-hydrogen) atoms. The van der Waals surface area contributed by atoms with E-state index in [1.165, 1.54) is 12.1 Å². The molecule has 0 unspecified atom stereocenters. The topological polar surface area (TPSA) is 66.4 Å². The lowest BCUT2D eigenvalue weighted by Crippen LogP contribution is -2.16. The van der Waals surface area contributed by atoms with E-state index in [4.69, 9.17) is 28.3 Å². The van der Waals surface area contributed by atoms with E-state index in [2.05, 4.69) is 5.32 Å². The molecular weight excluding hydrogens is 313 g/mol. The van der Waals surface area contributed by atoms with E-state index >= 15 is 0 Å². The third-order valence-electron chi connectivity index (χ3n) is 2.81. The van der Waals surface area contributed by atoms with Crippen LogP contribution in [-0.4, -0.2) is 17.0 Å². The fourth-order valence-electron chi connectivity index (χ4n) is 1.84. The van der Waals surface area contributed by atoms with E-state index in [0.717, 1.165) is 0 Å². The Morgan fingerprint density at radius 3 is 2.33 bits per heavy atom. The van der Waals surface area contributed by atoms with Gasteiger partial charge in [-0.1, -0.05) is 29.3 Å². The van der Waals surface area contributed by atoms with Crippen LogP contribution >= 0.6 is 23.2 Å². The Balaban J connectivity index is 2.16. The smallest absolute Gasteiger partial charge is 0.336 e.